The number of hydrogen-bond donors (Lipinski definition) is 0. The van der Waals surface area contributed by atoms with Gasteiger partial charge in [0.2, 0.25) is 0 Å². The highest BCUT2D eigenvalue weighted by molar-refractivity contribution is 7.99. The molecule has 0 aromatic heterocycles. The van der Waals surface area contributed by atoms with Gasteiger partial charge in [0.1, 0.15) is 0 Å². The minimum absolute atomic E-state index is 0.771. The van der Waals surface area contributed by atoms with E-state index in [9.17, 15) is 0 Å². The van der Waals surface area contributed by atoms with Gasteiger partial charge in [-0.05, 0) is 47.8 Å². The van der Waals surface area contributed by atoms with Gasteiger partial charge in [0.15, 0.2) is 0 Å². The molecule has 0 radical (unpaired) electrons. The summed E-state index contributed by atoms with van der Waals surface area (Å²) >= 11 is 2.06. The fourth-order valence-corrected chi connectivity index (χ4v) is 4.63. The molecule has 0 saturated heterocycles. The molecule has 1 aliphatic rings. The summed E-state index contributed by atoms with van der Waals surface area (Å²) in [7, 11) is 0. The van der Waals surface area contributed by atoms with E-state index in [0.29, 0.717) is 0 Å². The van der Waals surface area contributed by atoms with E-state index in [-0.39, 0.29) is 0 Å². The minimum atomic E-state index is 0.771. The van der Waals surface area contributed by atoms with Crippen LogP contribution in [0.3, 0.4) is 0 Å². The lowest BCUT2D eigenvalue weighted by atomic mass is 9.85. The Kier molecular flexibility index (Phi) is 5.83. The van der Waals surface area contributed by atoms with Gasteiger partial charge in [0.25, 0.3) is 0 Å². The van der Waals surface area contributed by atoms with Crippen LogP contribution in [0.2, 0.25) is 0 Å². The predicted molar refractivity (Wildman–Crippen MR) is 101 cm³/mol. The first-order valence-corrected chi connectivity index (χ1v) is 10.1. The summed E-state index contributed by atoms with van der Waals surface area (Å²) in [6.45, 7) is 0. The van der Waals surface area contributed by atoms with E-state index in [0.717, 1.165) is 11.2 Å². The largest absolute Gasteiger partial charge is 0.162 e. The number of thioether (sulfide) groups is 1. The Labute approximate surface area is 139 Å². The molecule has 3 rings (SSSR count). The summed E-state index contributed by atoms with van der Waals surface area (Å²) in [5, 5.41) is 3.60. The van der Waals surface area contributed by atoms with Crippen LogP contribution >= 0.6 is 11.8 Å². The second-order valence-electron chi connectivity index (χ2n) is 6.78. The van der Waals surface area contributed by atoms with Gasteiger partial charge in [-0.2, -0.15) is 11.8 Å². The van der Waals surface area contributed by atoms with Gasteiger partial charge >= 0.3 is 0 Å². The molecule has 0 bridgehead atoms. The maximum Gasteiger partial charge on any atom is 0.00849 e. The van der Waals surface area contributed by atoms with E-state index in [2.05, 4.69) is 60.5 Å². The Bertz CT molecular complexity index is 578. The molecule has 0 heterocycles. The third-order valence-corrected chi connectivity index (χ3v) is 6.35. The van der Waals surface area contributed by atoms with Crippen molar-refractivity contribution in [3.05, 3.63) is 48.0 Å². The monoisotopic (exact) mass is 312 g/mol. The lowest BCUT2D eigenvalue weighted by molar-refractivity contribution is 0.331. The molecule has 0 aliphatic heterocycles. The third-order valence-electron chi connectivity index (χ3n) is 5.28. The molecule has 0 amide bonds. The molecular formula is C21H28S. The molecular weight excluding hydrogens is 284 g/mol. The van der Waals surface area contributed by atoms with Crippen LogP contribution in [-0.4, -0.2) is 11.5 Å². The van der Waals surface area contributed by atoms with Crippen molar-refractivity contribution in [2.45, 2.75) is 56.6 Å². The maximum absolute atomic E-state index is 2.33. The molecule has 1 atom stereocenters. The average molecular weight is 313 g/mol. The van der Waals surface area contributed by atoms with Crippen molar-refractivity contribution in [2.24, 2.45) is 5.92 Å². The maximum atomic E-state index is 2.33. The van der Waals surface area contributed by atoms with Crippen LogP contribution in [0.5, 0.6) is 0 Å². The van der Waals surface area contributed by atoms with Crippen molar-refractivity contribution >= 4 is 22.5 Å². The Morgan fingerprint density at radius 1 is 1.00 bits per heavy atom. The van der Waals surface area contributed by atoms with Crippen molar-refractivity contribution < 1.29 is 0 Å². The summed E-state index contributed by atoms with van der Waals surface area (Å²) in [5.74, 6) is 1.01. The van der Waals surface area contributed by atoms with Crippen LogP contribution in [0.15, 0.2) is 42.5 Å². The molecule has 1 heteroatoms. The standard InChI is InChI=1S/C21H28S/c1-22-20(15-14-17-8-3-2-4-9-17)16-19-12-7-11-18-10-5-6-13-21(18)19/h5-7,10-13,17,20H,2-4,8-9,14-16H2,1H3. The Morgan fingerprint density at radius 3 is 2.59 bits per heavy atom. The molecule has 0 nitrogen and oxygen atoms in total. The van der Waals surface area contributed by atoms with E-state index < -0.39 is 0 Å². The van der Waals surface area contributed by atoms with Crippen molar-refractivity contribution in [1.82, 2.24) is 0 Å². The zero-order valence-corrected chi connectivity index (χ0v) is 14.6. The molecule has 1 saturated carbocycles. The van der Waals surface area contributed by atoms with E-state index in [1.165, 1.54) is 67.7 Å². The highest BCUT2D eigenvalue weighted by atomic mass is 32.2. The fraction of sp³-hybridized carbons (Fsp3) is 0.524. The molecule has 1 aliphatic carbocycles. The van der Waals surface area contributed by atoms with Crippen molar-refractivity contribution in [3.63, 3.8) is 0 Å². The Morgan fingerprint density at radius 2 is 1.77 bits per heavy atom. The summed E-state index contributed by atoms with van der Waals surface area (Å²) in [6.07, 6.45) is 13.7. The highest BCUT2D eigenvalue weighted by Crippen LogP contribution is 2.31. The van der Waals surface area contributed by atoms with Crippen molar-refractivity contribution in [3.8, 4) is 0 Å². The van der Waals surface area contributed by atoms with Crippen LogP contribution in [0.1, 0.15) is 50.5 Å². The highest BCUT2D eigenvalue weighted by Gasteiger charge is 2.16. The van der Waals surface area contributed by atoms with Crippen LogP contribution in [0.25, 0.3) is 10.8 Å². The molecule has 1 fully saturated rings. The minimum Gasteiger partial charge on any atom is -0.162 e. The van der Waals surface area contributed by atoms with Crippen LogP contribution < -0.4 is 0 Å². The summed E-state index contributed by atoms with van der Waals surface area (Å²) in [4.78, 5) is 0. The topological polar surface area (TPSA) is 0 Å². The first-order valence-electron chi connectivity index (χ1n) is 8.86. The average Bonchev–Trinajstić information content (AvgIpc) is 2.59. The lowest BCUT2D eigenvalue weighted by Gasteiger charge is -2.24. The molecule has 1 unspecified atom stereocenters. The molecule has 0 spiro atoms. The molecule has 2 aromatic rings. The van der Waals surface area contributed by atoms with E-state index in [1.807, 2.05) is 0 Å². The number of benzene rings is 2. The fourth-order valence-electron chi connectivity index (χ4n) is 3.92. The van der Waals surface area contributed by atoms with Gasteiger partial charge in [-0.25, -0.2) is 0 Å². The van der Waals surface area contributed by atoms with E-state index in [4.69, 9.17) is 0 Å². The molecule has 118 valence electrons. The zero-order chi connectivity index (χ0) is 15.2. The Balaban J connectivity index is 1.63. The van der Waals surface area contributed by atoms with Gasteiger partial charge in [-0.1, -0.05) is 74.6 Å². The lowest BCUT2D eigenvalue weighted by Crippen LogP contribution is -2.12. The number of rotatable bonds is 6. The van der Waals surface area contributed by atoms with E-state index >= 15 is 0 Å². The third kappa shape index (κ3) is 4.07. The molecule has 22 heavy (non-hydrogen) atoms. The zero-order valence-electron chi connectivity index (χ0n) is 13.8. The van der Waals surface area contributed by atoms with Gasteiger partial charge in [0.05, 0.1) is 0 Å². The number of fused-ring (bicyclic) bond motifs is 1. The van der Waals surface area contributed by atoms with Crippen molar-refractivity contribution in [1.29, 1.82) is 0 Å². The first-order chi connectivity index (χ1) is 10.9. The van der Waals surface area contributed by atoms with Crippen molar-refractivity contribution in [2.75, 3.05) is 6.26 Å². The van der Waals surface area contributed by atoms with Crippen LogP contribution in [0.4, 0.5) is 0 Å². The normalized spacial score (nSPS) is 17.7. The van der Waals surface area contributed by atoms with Crippen LogP contribution in [0, 0.1) is 5.92 Å². The first kappa shape index (κ1) is 15.9. The van der Waals surface area contributed by atoms with Gasteiger partial charge in [0, 0.05) is 5.25 Å². The number of hydrogen-bond acceptors (Lipinski definition) is 1. The van der Waals surface area contributed by atoms with E-state index in [1.54, 1.807) is 0 Å². The van der Waals surface area contributed by atoms with Gasteiger partial charge in [-0.3, -0.25) is 0 Å². The summed E-state index contributed by atoms with van der Waals surface area (Å²) in [6, 6.07) is 15.6. The molecule has 2 aromatic carbocycles. The molecule has 0 N–H and O–H groups in total. The van der Waals surface area contributed by atoms with Gasteiger partial charge in [-0.15, -0.1) is 0 Å². The summed E-state index contributed by atoms with van der Waals surface area (Å²) < 4.78 is 0. The van der Waals surface area contributed by atoms with Gasteiger partial charge < -0.3 is 0 Å². The quantitative estimate of drug-likeness (QED) is 0.588. The summed E-state index contributed by atoms with van der Waals surface area (Å²) in [5.41, 5.74) is 1.53. The second kappa shape index (κ2) is 8.06. The predicted octanol–water partition coefficient (Wildman–Crippen LogP) is 6.47. The van der Waals surface area contributed by atoms with Crippen LogP contribution in [-0.2, 0) is 6.42 Å². The SMILES string of the molecule is CSC(CCC1CCCCC1)Cc1cccc2ccccc12. The second-order valence-corrected chi connectivity index (χ2v) is 7.92. The smallest absolute Gasteiger partial charge is 0.00849 e. The Hall–Kier alpha value is -0.950.